The Hall–Kier alpha value is -0.640. The number of carboxylic acids is 1. The van der Waals surface area contributed by atoms with Gasteiger partial charge in [-0.25, -0.2) is 9.18 Å². The molecular formula is C7H12FNO2. The molecule has 1 aliphatic rings. The van der Waals surface area contributed by atoms with Crippen LogP contribution in [0.5, 0.6) is 0 Å². The first-order valence-corrected chi connectivity index (χ1v) is 3.65. The summed E-state index contributed by atoms with van der Waals surface area (Å²) in [6.45, 7) is 1.06. The molecule has 3 nitrogen and oxygen atoms in total. The third-order valence-corrected chi connectivity index (χ3v) is 2.16. The highest BCUT2D eigenvalue weighted by atomic mass is 19.1. The highest BCUT2D eigenvalue weighted by Gasteiger charge is 2.40. The predicted molar refractivity (Wildman–Crippen MR) is 38.2 cm³/mol. The molecule has 0 aromatic rings. The maximum absolute atomic E-state index is 13.2. The monoisotopic (exact) mass is 161 g/mol. The molecule has 1 rings (SSSR count). The second-order valence-corrected chi connectivity index (χ2v) is 3.07. The topological polar surface area (TPSA) is 40.5 Å². The molecule has 1 heterocycles. The van der Waals surface area contributed by atoms with E-state index in [9.17, 15) is 9.18 Å². The van der Waals surface area contributed by atoms with Crippen molar-refractivity contribution in [2.24, 2.45) is 0 Å². The van der Waals surface area contributed by atoms with Gasteiger partial charge in [0.2, 0.25) is 5.67 Å². The van der Waals surface area contributed by atoms with Crippen molar-refractivity contribution >= 4 is 5.97 Å². The summed E-state index contributed by atoms with van der Waals surface area (Å²) in [7, 11) is 1.86. The maximum Gasteiger partial charge on any atom is 0.341 e. The molecule has 0 aromatic heterocycles. The summed E-state index contributed by atoms with van der Waals surface area (Å²) in [4.78, 5) is 12.3. The van der Waals surface area contributed by atoms with Gasteiger partial charge >= 0.3 is 5.97 Å². The van der Waals surface area contributed by atoms with Crippen LogP contribution in [0.15, 0.2) is 0 Å². The minimum Gasteiger partial charge on any atom is -0.479 e. The highest BCUT2D eigenvalue weighted by molar-refractivity contribution is 5.77. The Balaban J connectivity index is 2.55. The molecule has 0 saturated carbocycles. The van der Waals surface area contributed by atoms with Gasteiger partial charge in [-0.05, 0) is 7.05 Å². The van der Waals surface area contributed by atoms with E-state index in [2.05, 4.69) is 0 Å². The van der Waals surface area contributed by atoms with Gasteiger partial charge in [-0.2, -0.15) is 0 Å². The Morgan fingerprint density at radius 1 is 1.55 bits per heavy atom. The number of alkyl halides is 1. The van der Waals surface area contributed by atoms with Gasteiger partial charge in [0.1, 0.15) is 0 Å². The number of hydrogen-bond donors (Lipinski definition) is 1. The predicted octanol–water partition coefficient (Wildman–Crippen LogP) is 0.505. The number of piperidine rings is 1. The third-order valence-electron chi connectivity index (χ3n) is 2.16. The lowest BCUT2D eigenvalue weighted by Crippen LogP contribution is -2.44. The lowest BCUT2D eigenvalue weighted by molar-refractivity contribution is -0.154. The molecule has 64 valence electrons. The fourth-order valence-electron chi connectivity index (χ4n) is 1.19. The molecule has 1 N–H and O–H groups in total. The van der Waals surface area contributed by atoms with Gasteiger partial charge in [0, 0.05) is 25.9 Å². The van der Waals surface area contributed by atoms with E-state index in [-0.39, 0.29) is 12.8 Å². The minimum absolute atomic E-state index is 0.110. The number of hydrogen-bond acceptors (Lipinski definition) is 2. The summed E-state index contributed by atoms with van der Waals surface area (Å²) < 4.78 is 13.2. The molecule has 0 atom stereocenters. The highest BCUT2D eigenvalue weighted by Crippen LogP contribution is 2.25. The Morgan fingerprint density at radius 2 is 2.00 bits per heavy atom. The zero-order valence-electron chi connectivity index (χ0n) is 6.51. The van der Waals surface area contributed by atoms with Crippen LogP contribution in [0.4, 0.5) is 4.39 Å². The summed E-state index contributed by atoms with van der Waals surface area (Å²) in [5.41, 5.74) is -1.97. The molecule has 0 amide bonds. The van der Waals surface area contributed by atoms with Crippen molar-refractivity contribution in [1.82, 2.24) is 4.90 Å². The quantitative estimate of drug-likeness (QED) is 0.609. The Morgan fingerprint density at radius 3 is 2.36 bits per heavy atom. The van der Waals surface area contributed by atoms with Crippen LogP contribution >= 0.6 is 0 Å². The minimum atomic E-state index is -1.97. The van der Waals surface area contributed by atoms with E-state index in [1.165, 1.54) is 0 Å². The number of carbonyl (C=O) groups is 1. The van der Waals surface area contributed by atoms with Gasteiger partial charge in [-0.1, -0.05) is 0 Å². The molecule has 4 heteroatoms. The largest absolute Gasteiger partial charge is 0.479 e. The van der Waals surface area contributed by atoms with Crippen LogP contribution in [0.1, 0.15) is 12.8 Å². The van der Waals surface area contributed by atoms with E-state index >= 15 is 0 Å². The number of carboxylic acid groups (broad SMARTS) is 1. The molecule has 0 unspecified atom stereocenters. The maximum atomic E-state index is 13.2. The standard InChI is InChI=1S/C7H12FNO2/c1-9-4-2-7(8,3-5-9)6(10)11/h2-5H2,1H3,(H,10,11). The zero-order valence-corrected chi connectivity index (χ0v) is 6.51. The van der Waals surface area contributed by atoms with E-state index in [0.717, 1.165) is 0 Å². The van der Waals surface area contributed by atoms with E-state index in [0.29, 0.717) is 13.1 Å². The van der Waals surface area contributed by atoms with Crippen LogP contribution in [0.3, 0.4) is 0 Å². The van der Waals surface area contributed by atoms with Gasteiger partial charge in [-0.3, -0.25) is 0 Å². The molecule has 1 aliphatic heterocycles. The van der Waals surface area contributed by atoms with Gasteiger partial charge in [-0.15, -0.1) is 0 Å². The van der Waals surface area contributed by atoms with Crippen LogP contribution in [-0.2, 0) is 4.79 Å². The Labute approximate surface area is 64.8 Å². The number of likely N-dealkylation sites (tertiary alicyclic amines) is 1. The summed E-state index contributed by atoms with van der Waals surface area (Å²) in [5, 5.41) is 8.49. The fraction of sp³-hybridized carbons (Fsp3) is 0.857. The average Bonchev–Trinajstić information content (AvgIpc) is 1.95. The summed E-state index contributed by atoms with van der Waals surface area (Å²) in [5.74, 6) is -1.31. The molecule has 0 radical (unpaired) electrons. The van der Waals surface area contributed by atoms with Crippen molar-refractivity contribution in [3.63, 3.8) is 0 Å². The molecule has 1 fully saturated rings. The van der Waals surface area contributed by atoms with Crippen LogP contribution in [0, 0.1) is 0 Å². The van der Waals surface area contributed by atoms with Gasteiger partial charge in [0.25, 0.3) is 0 Å². The zero-order chi connectivity index (χ0) is 8.48. The van der Waals surface area contributed by atoms with Gasteiger partial charge < -0.3 is 10.0 Å². The van der Waals surface area contributed by atoms with Gasteiger partial charge in [0.15, 0.2) is 0 Å². The first kappa shape index (κ1) is 8.46. The van der Waals surface area contributed by atoms with Crippen LogP contribution in [-0.4, -0.2) is 41.8 Å². The number of aliphatic carboxylic acids is 1. The van der Waals surface area contributed by atoms with Crippen LogP contribution < -0.4 is 0 Å². The van der Waals surface area contributed by atoms with E-state index in [1.807, 2.05) is 11.9 Å². The first-order chi connectivity index (χ1) is 5.04. The smallest absolute Gasteiger partial charge is 0.341 e. The molecule has 1 saturated heterocycles. The van der Waals surface area contributed by atoms with E-state index in [1.54, 1.807) is 0 Å². The number of rotatable bonds is 1. The summed E-state index contributed by atoms with van der Waals surface area (Å²) >= 11 is 0. The molecule has 11 heavy (non-hydrogen) atoms. The second-order valence-electron chi connectivity index (χ2n) is 3.07. The SMILES string of the molecule is CN1CCC(F)(C(=O)O)CC1. The third kappa shape index (κ3) is 1.68. The van der Waals surface area contributed by atoms with Crippen molar-refractivity contribution in [3.8, 4) is 0 Å². The number of halogens is 1. The lowest BCUT2D eigenvalue weighted by atomic mass is 9.94. The van der Waals surface area contributed by atoms with Gasteiger partial charge in [0.05, 0.1) is 0 Å². The first-order valence-electron chi connectivity index (χ1n) is 3.65. The molecule has 0 spiro atoms. The average molecular weight is 161 g/mol. The molecule has 0 bridgehead atoms. The van der Waals surface area contributed by atoms with Crippen molar-refractivity contribution in [2.45, 2.75) is 18.5 Å². The Bertz CT molecular complexity index is 164. The normalized spacial score (nSPS) is 24.9. The Kier molecular flexibility index (Phi) is 2.13. The van der Waals surface area contributed by atoms with Crippen LogP contribution in [0.2, 0.25) is 0 Å². The molecule has 0 aliphatic carbocycles. The second kappa shape index (κ2) is 2.77. The lowest BCUT2D eigenvalue weighted by Gasteiger charge is -2.30. The van der Waals surface area contributed by atoms with Crippen molar-refractivity contribution in [3.05, 3.63) is 0 Å². The summed E-state index contributed by atoms with van der Waals surface area (Å²) in [6, 6.07) is 0. The fourth-order valence-corrected chi connectivity index (χ4v) is 1.19. The van der Waals surface area contributed by atoms with E-state index < -0.39 is 11.6 Å². The molecular weight excluding hydrogens is 149 g/mol. The van der Waals surface area contributed by atoms with Crippen molar-refractivity contribution in [1.29, 1.82) is 0 Å². The van der Waals surface area contributed by atoms with E-state index in [4.69, 9.17) is 5.11 Å². The number of nitrogens with zero attached hydrogens (tertiary/aromatic N) is 1. The summed E-state index contributed by atoms with van der Waals surface area (Å²) in [6.07, 6.45) is 0.220. The molecule has 0 aromatic carbocycles. The van der Waals surface area contributed by atoms with Crippen molar-refractivity contribution < 1.29 is 14.3 Å². The van der Waals surface area contributed by atoms with Crippen LogP contribution in [0.25, 0.3) is 0 Å². The van der Waals surface area contributed by atoms with Crippen molar-refractivity contribution in [2.75, 3.05) is 20.1 Å².